The predicted octanol–water partition coefficient (Wildman–Crippen LogP) is 4.02. The molecule has 0 spiro atoms. The Balaban J connectivity index is 2.09. The highest BCUT2D eigenvalue weighted by molar-refractivity contribution is 6.31. The molecule has 3 rings (SSSR count). The minimum absolute atomic E-state index is 0.0556. The van der Waals surface area contributed by atoms with Crippen molar-refractivity contribution in [2.24, 2.45) is 5.92 Å². The molecule has 0 bridgehead atoms. The van der Waals surface area contributed by atoms with Gasteiger partial charge in [-0.3, -0.25) is 9.59 Å². The SMILES string of the molecule is Cc1cc(C(F)(F)F)c(C#N)c(N2CC(C(=O)O)CC2C(=O)N(C)c2ccc(F)c(Cl)c2)n1. The predicted molar refractivity (Wildman–Crippen MR) is 110 cm³/mol. The monoisotopic (exact) mass is 484 g/mol. The number of amides is 1. The van der Waals surface area contributed by atoms with Gasteiger partial charge in [0.1, 0.15) is 29.3 Å². The standard InChI is InChI=1S/C21H17ClF4N4O3/c1-10-5-14(21(24,25)26)13(8-27)18(28-10)30-9-11(20(32)33)6-17(30)19(31)29(2)12-3-4-16(23)15(22)7-12/h3-5,7,11,17H,6,9H2,1-2H3,(H,32,33). The minimum atomic E-state index is -4.86. The molecule has 2 heterocycles. The van der Waals surface area contributed by atoms with Crippen LogP contribution in [0.15, 0.2) is 24.3 Å². The molecule has 1 N–H and O–H groups in total. The van der Waals surface area contributed by atoms with Crippen molar-refractivity contribution in [3.8, 4) is 6.07 Å². The Hall–Kier alpha value is -3.39. The van der Waals surface area contributed by atoms with Crippen LogP contribution in [0.2, 0.25) is 5.02 Å². The number of aliphatic carboxylic acids is 1. The highest BCUT2D eigenvalue weighted by atomic mass is 35.5. The highest BCUT2D eigenvalue weighted by Gasteiger charge is 2.45. The van der Waals surface area contributed by atoms with Gasteiger partial charge in [-0.2, -0.15) is 18.4 Å². The molecule has 1 fully saturated rings. The van der Waals surface area contributed by atoms with E-state index in [2.05, 4.69) is 4.98 Å². The third-order valence-electron chi connectivity index (χ3n) is 5.37. The van der Waals surface area contributed by atoms with Crippen molar-refractivity contribution in [1.82, 2.24) is 4.98 Å². The van der Waals surface area contributed by atoms with E-state index in [9.17, 15) is 37.5 Å². The molecule has 2 aromatic rings. The Morgan fingerprint density at radius 1 is 1.33 bits per heavy atom. The summed E-state index contributed by atoms with van der Waals surface area (Å²) in [6, 6.07) is 4.49. The number of nitrogens with zero attached hydrogens (tertiary/aromatic N) is 4. The number of hydrogen-bond donors (Lipinski definition) is 1. The molecule has 0 aliphatic carbocycles. The van der Waals surface area contributed by atoms with Gasteiger partial charge in [0.25, 0.3) is 0 Å². The van der Waals surface area contributed by atoms with Crippen molar-refractivity contribution < 1.29 is 32.3 Å². The summed E-state index contributed by atoms with van der Waals surface area (Å²) in [6.07, 6.45) is -5.09. The van der Waals surface area contributed by atoms with Crippen LogP contribution < -0.4 is 9.80 Å². The van der Waals surface area contributed by atoms with Crippen LogP contribution in [0.5, 0.6) is 0 Å². The molecule has 2 unspecified atom stereocenters. The number of carbonyl (C=O) groups is 2. The number of nitriles is 1. The van der Waals surface area contributed by atoms with Gasteiger partial charge in [-0.25, -0.2) is 9.37 Å². The zero-order valence-corrected chi connectivity index (χ0v) is 18.1. The molecule has 1 aliphatic heterocycles. The van der Waals surface area contributed by atoms with Crippen molar-refractivity contribution in [1.29, 1.82) is 5.26 Å². The fourth-order valence-electron chi connectivity index (χ4n) is 3.73. The van der Waals surface area contributed by atoms with Crippen molar-refractivity contribution in [3.05, 3.63) is 51.9 Å². The number of carbonyl (C=O) groups excluding carboxylic acids is 1. The number of likely N-dealkylation sites (N-methyl/N-ethyl adjacent to an activating group) is 1. The second-order valence-electron chi connectivity index (χ2n) is 7.55. The molecular formula is C21H17ClF4N4O3. The van der Waals surface area contributed by atoms with Crippen molar-refractivity contribution in [2.45, 2.75) is 25.6 Å². The molecule has 0 radical (unpaired) electrons. The van der Waals surface area contributed by atoms with Gasteiger partial charge < -0.3 is 14.9 Å². The van der Waals surface area contributed by atoms with E-state index >= 15 is 0 Å². The molecule has 1 aromatic heterocycles. The maximum absolute atomic E-state index is 13.6. The van der Waals surface area contributed by atoms with Crippen LogP contribution in [0.4, 0.5) is 29.1 Å². The topological polar surface area (TPSA) is 97.5 Å². The number of aryl methyl sites for hydroxylation is 1. The molecule has 174 valence electrons. The molecular weight excluding hydrogens is 468 g/mol. The summed E-state index contributed by atoms with van der Waals surface area (Å²) >= 11 is 5.77. The van der Waals surface area contributed by atoms with Crippen LogP contribution in [0, 0.1) is 30.0 Å². The minimum Gasteiger partial charge on any atom is -0.481 e. The zero-order valence-electron chi connectivity index (χ0n) is 17.3. The van der Waals surface area contributed by atoms with Gasteiger partial charge in [-0.05, 0) is 37.6 Å². The number of anilines is 2. The summed E-state index contributed by atoms with van der Waals surface area (Å²) in [6.45, 7) is 0.973. The quantitative estimate of drug-likeness (QED) is 0.658. The first-order valence-electron chi connectivity index (χ1n) is 9.56. The van der Waals surface area contributed by atoms with Gasteiger partial charge in [-0.15, -0.1) is 0 Å². The summed E-state index contributed by atoms with van der Waals surface area (Å²) in [5.74, 6) is -4.14. The third-order valence-corrected chi connectivity index (χ3v) is 5.66. The molecule has 1 aromatic carbocycles. The second kappa shape index (κ2) is 8.86. The van der Waals surface area contributed by atoms with E-state index in [-0.39, 0.29) is 29.4 Å². The summed E-state index contributed by atoms with van der Waals surface area (Å²) in [5, 5.41) is 18.7. The fourth-order valence-corrected chi connectivity index (χ4v) is 3.90. The van der Waals surface area contributed by atoms with Gasteiger partial charge >= 0.3 is 12.1 Å². The summed E-state index contributed by atoms with van der Waals surface area (Å²) in [4.78, 5) is 31.2. The number of pyridine rings is 1. The highest BCUT2D eigenvalue weighted by Crippen LogP contribution is 2.39. The van der Waals surface area contributed by atoms with Gasteiger partial charge in [0.15, 0.2) is 0 Å². The third kappa shape index (κ3) is 4.71. The van der Waals surface area contributed by atoms with E-state index in [1.54, 1.807) is 0 Å². The number of alkyl halides is 3. The molecule has 1 amide bonds. The van der Waals surface area contributed by atoms with Crippen molar-refractivity contribution in [3.63, 3.8) is 0 Å². The van der Waals surface area contributed by atoms with Crippen molar-refractivity contribution >= 4 is 35.0 Å². The second-order valence-corrected chi connectivity index (χ2v) is 7.96. The number of rotatable bonds is 4. The summed E-state index contributed by atoms with van der Waals surface area (Å²) in [7, 11) is 1.34. The number of aromatic nitrogens is 1. The summed E-state index contributed by atoms with van der Waals surface area (Å²) in [5.41, 5.74) is -1.89. The molecule has 33 heavy (non-hydrogen) atoms. The van der Waals surface area contributed by atoms with Crippen LogP contribution >= 0.6 is 11.6 Å². The first-order valence-corrected chi connectivity index (χ1v) is 9.94. The Bertz CT molecular complexity index is 1170. The lowest BCUT2D eigenvalue weighted by molar-refractivity contribution is -0.141. The maximum atomic E-state index is 13.6. The molecule has 1 saturated heterocycles. The largest absolute Gasteiger partial charge is 0.481 e. The smallest absolute Gasteiger partial charge is 0.417 e. The Labute approximate surface area is 190 Å². The average Bonchev–Trinajstić information content (AvgIpc) is 3.19. The molecule has 0 saturated carbocycles. The van der Waals surface area contributed by atoms with Gasteiger partial charge in [0.05, 0.1) is 16.5 Å². The van der Waals surface area contributed by atoms with E-state index in [4.69, 9.17) is 11.6 Å². The Morgan fingerprint density at radius 3 is 2.55 bits per heavy atom. The van der Waals surface area contributed by atoms with Gasteiger partial charge in [0.2, 0.25) is 5.91 Å². The maximum Gasteiger partial charge on any atom is 0.417 e. The number of carboxylic acid groups (broad SMARTS) is 1. The number of benzene rings is 1. The van der Waals surface area contributed by atoms with Crippen LogP contribution in [0.3, 0.4) is 0 Å². The molecule has 2 atom stereocenters. The van der Waals surface area contributed by atoms with E-state index in [0.29, 0.717) is 0 Å². The number of halogens is 5. The Morgan fingerprint density at radius 2 is 2.00 bits per heavy atom. The van der Waals surface area contributed by atoms with Crippen LogP contribution in [0.1, 0.15) is 23.2 Å². The fraction of sp³-hybridized carbons (Fsp3) is 0.333. The number of carboxylic acids is 1. The lowest BCUT2D eigenvalue weighted by Gasteiger charge is -2.30. The van der Waals surface area contributed by atoms with Crippen LogP contribution in [-0.2, 0) is 15.8 Å². The zero-order chi connectivity index (χ0) is 24.7. The first-order chi connectivity index (χ1) is 15.3. The van der Waals surface area contributed by atoms with Gasteiger partial charge in [0, 0.05) is 25.0 Å². The molecule has 12 heteroatoms. The number of hydrogen-bond acceptors (Lipinski definition) is 5. The normalized spacial score (nSPS) is 18.2. The first kappa shape index (κ1) is 24.3. The van der Waals surface area contributed by atoms with Gasteiger partial charge in [-0.1, -0.05) is 11.6 Å². The summed E-state index contributed by atoms with van der Waals surface area (Å²) < 4.78 is 54.2. The van der Waals surface area contributed by atoms with Crippen LogP contribution in [0.25, 0.3) is 0 Å². The lowest BCUT2D eigenvalue weighted by atomic mass is 10.0. The van der Waals surface area contributed by atoms with E-state index in [1.165, 1.54) is 32.2 Å². The van der Waals surface area contributed by atoms with E-state index in [1.807, 2.05) is 0 Å². The van der Waals surface area contributed by atoms with Crippen LogP contribution in [-0.4, -0.2) is 41.6 Å². The average molecular weight is 485 g/mol. The lowest BCUT2D eigenvalue weighted by Crippen LogP contribution is -2.45. The van der Waals surface area contributed by atoms with E-state index < -0.39 is 52.8 Å². The van der Waals surface area contributed by atoms with E-state index in [0.717, 1.165) is 21.9 Å². The Kier molecular flexibility index (Phi) is 6.51. The van der Waals surface area contributed by atoms with Crippen molar-refractivity contribution in [2.75, 3.05) is 23.4 Å². The molecule has 7 nitrogen and oxygen atoms in total. The molecule has 1 aliphatic rings.